The quantitative estimate of drug-likeness (QED) is 0.468. The highest BCUT2D eigenvalue weighted by atomic mass is 79.9. The second-order valence-electron chi connectivity index (χ2n) is 5.66. The fourth-order valence-corrected chi connectivity index (χ4v) is 3.18. The SMILES string of the molecule is O=C(Nc1ccc([N+](=O)[O-])cc1Br)C(c1ccccc1)c1ccccc1. The lowest BCUT2D eigenvalue weighted by Crippen LogP contribution is -2.22. The number of anilines is 1. The molecule has 0 bridgehead atoms. The molecule has 0 atom stereocenters. The molecule has 3 rings (SSSR count). The average molecular weight is 411 g/mol. The van der Waals surface area contributed by atoms with Crippen molar-refractivity contribution in [3.05, 3.63) is 105 Å². The number of non-ortho nitro benzene ring substituents is 1. The minimum Gasteiger partial charge on any atom is -0.324 e. The molecular formula is C20H15BrN2O3. The zero-order valence-electron chi connectivity index (χ0n) is 13.6. The highest BCUT2D eigenvalue weighted by Crippen LogP contribution is 2.30. The number of nitrogens with zero attached hydrogens (tertiary/aromatic N) is 1. The van der Waals surface area contributed by atoms with Crippen LogP contribution in [0.2, 0.25) is 0 Å². The van der Waals surface area contributed by atoms with E-state index >= 15 is 0 Å². The molecule has 0 aromatic heterocycles. The molecule has 26 heavy (non-hydrogen) atoms. The molecule has 130 valence electrons. The van der Waals surface area contributed by atoms with Gasteiger partial charge < -0.3 is 5.32 Å². The van der Waals surface area contributed by atoms with Crippen molar-refractivity contribution in [2.45, 2.75) is 5.92 Å². The van der Waals surface area contributed by atoms with Gasteiger partial charge in [0.1, 0.15) is 0 Å². The molecule has 1 N–H and O–H groups in total. The van der Waals surface area contributed by atoms with Crippen molar-refractivity contribution in [2.75, 3.05) is 5.32 Å². The van der Waals surface area contributed by atoms with Crippen LogP contribution in [0.1, 0.15) is 17.0 Å². The van der Waals surface area contributed by atoms with Gasteiger partial charge in [-0.2, -0.15) is 0 Å². The van der Waals surface area contributed by atoms with Gasteiger partial charge in [-0.25, -0.2) is 0 Å². The first-order valence-electron chi connectivity index (χ1n) is 7.91. The largest absolute Gasteiger partial charge is 0.324 e. The maximum atomic E-state index is 13.0. The van der Waals surface area contributed by atoms with Crippen LogP contribution < -0.4 is 5.32 Å². The third-order valence-electron chi connectivity index (χ3n) is 3.95. The van der Waals surface area contributed by atoms with E-state index in [0.29, 0.717) is 10.2 Å². The van der Waals surface area contributed by atoms with E-state index in [2.05, 4.69) is 21.2 Å². The molecule has 0 heterocycles. The lowest BCUT2D eigenvalue weighted by atomic mass is 9.90. The molecule has 3 aromatic carbocycles. The second-order valence-corrected chi connectivity index (χ2v) is 6.52. The van der Waals surface area contributed by atoms with Gasteiger partial charge in [-0.3, -0.25) is 14.9 Å². The average Bonchev–Trinajstić information content (AvgIpc) is 2.65. The van der Waals surface area contributed by atoms with Crippen molar-refractivity contribution in [2.24, 2.45) is 0 Å². The zero-order valence-corrected chi connectivity index (χ0v) is 15.2. The van der Waals surface area contributed by atoms with Gasteiger partial charge >= 0.3 is 0 Å². The second kappa shape index (κ2) is 7.93. The molecule has 6 heteroatoms. The number of halogens is 1. The minimum atomic E-state index is -0.487. The zero-order chi connectivity index (χ0) is 18.5. The molecule has 0 aliphatic heterocycles. The Morgan fingerprint density at radius 2 is 1.46 bits per heavy atom. The Labute approximate surface area is 159 Å². The molecule has 0 saturated heterocycles. The van der Waals surface area contributed by atoms with E-state index in [1.165, 1.54) is 18.2 Å². The normalized spacial score (nSPS) is 10.5. The van der Waals surface area contributed by atoms with E-state index in [4.69, 9.17) is 0 Å². The van der Waals surface area contributed by atoms with Gasteiger partial charge in [-0.05, 0) is 33.1 Å². The summed E-state index contributed by atoms with van der Waals surface area (Å²) in [6, 6.07) is 23.2. The van der Waals surface area contributed by atoms with Crippen molar-refractivity contribution in [3.8, 4) is 0 Å². The van der Waals surface area contributed by atoms with Crippen LogP contribution in [0.15, 0.2) is 83.3 Å². The number of nitro benzene ring substituents is 1. The van der Waals surface area contributed by atoms with Crippen LogP contribution in [0, 0.1) is 10.1 Å². The lowest BCUT2D eigenvalue weighted by molar-refractivity contribution is -0.384. The summed E-state index contributed by atoms with van der Waals surface area (Å²) >= 11 is 3.29. The van der Waals surface area contributed by atoms with Gasteiger partial charge in [0.2, 0.25) is 5.91 Å². The van der Waals surface area contributed by atoms with Crippen LogP contribution in [0.25, 0.3) is 0 Å². The topological polar surface area (TPSA) is 72.2 Å². The summed E-state index contributed by atoms with van der Waals surface area (Å²) in [5.41, 5.74) is 2.18. The number of benzene rings is 3. The predicted octanol–water partition coefficient (Wildman–Crippen LogP) is 5.13. The molecular weight excluding hydrogens is 396 g/mol. The molecule has 0 aliphatic carbocycles. The van der Waals surface area contributed by atoms with Crippen LogP contribution in [0.3, 0.4) is 0 Å². The van der Waals surface area contributed by atoms with Crippen molar-refractivity contribution < 1.29 is 9.72 Å². The fraction of sp³-hybridized carbons (Fsp3) is 0.0500. The monoisotopic (exact) mass is 410 g/mol. The third-order valence-corrected chi connectivity index (χ3v) is 4.61. The standard InChI is InChI=1S/C20H15BrN2O3/c21-17-13-16(23(25)26)11-12-18(17)22-20(24)19(14-7-3-1-4-8-14)15-9-5-2-6-10-15/h1-13,19H,(H,22,24). The number of rotatable bonds is 5. The van der Waals surface area contributed by atoms with Gasteiger partial charge in [-0.1, -0.05) is 60.7 Å². The van der Waals surface area contributed by atoms with E-state index in [0.717, 1.165) is 11.1 Å². The van der Waals surface area contributed by atoms with Crippen molar-refractivity contribution in [1.82, 2.24) is 0 Å². The first kappa shape index (κ1) is 17.8. The van der Waals surface area contributed by atoms with E-state index in [1.807, 2.05) is 60.7 Å². The summed E-state index contributed by atoms with van der Waals surface area (Å²) < 4.78 is 0.458. The highest BCUT2D eigenvalue weighted by Gasteiger charge is 2.23. The summed E-state index contributed by atoms with van der Waals surface area (Å²) in [5, 5.41) is 13.7. The maximum Gasteiger partial charge on any atom is 0.270 e. The van der Waals surface area contributed by atoms with Gasteiger partial charge in [0.15, 0.2) is 0 Å². The molecule has 0 aliphatic rings. The fourth-order valence-electron chi connectivity index (χ4n) is 2.71. The van der Waals surface area contributed by atoms with Gasteiger partial charge in [-0.15, -0.1) is 0 Å². The lowest BCUT2D eigenvalue weighted by Gasteiger charge is -2.18. The summed E-state index contributed by atoms with van der Waals surface area (Å²) in [7, 11) is 0. The Kier molecular flexibility index (Phi) is 5.43. The molecule has 0 fully saturated rings. The Bertz CT molecular complexity index is 891. The minimum absolute atomic E-state index is 0.0439. The third kappa shape index (κ3) is 3.97. The van der Waals surface area contributed by atoms with E-state index < -0.39 is 10.8 Å². The summed E-state index contributed by atoms with van der Waals surface area (Å²) in [5.74, 6) is -0.698. The maximum absolute atomic E-state index is 13.0. The number of amides is 1. The predicted molar refractivity (Wildman–Crippen MR) is 104 cm³/mol. The van der Waals surface area contributed by atoms with Crippen molar-refractivity contribution in [3.63, 3.8) is 0 Å². The van der Waals surface area contributed by atoms with Gasteiger partial charge in [0, 0.05) is 16.6 Å². The highest BCUT2D eigenvalue weighted by molar-refractivity contribution is 9.10. The molecule has 0 unspecified atom stereocenters. The van der Waals surface area contributed by atoms with Gasteiger partial charge in [0.25, 0.3) is 5.69 Å². The Morgan fingerprint density at radius 3 is 1.92 bits per heavy atom. The van der Waals surface area contributed by atoms with Crippen LogP contribution in [0.4, 0.5) is 11.4 Å². The van der Waals surface area contributed by atoms with Crippen molar-refractivity contribution in [1.29, 1.82) is 0 Å². The number of carbonyl (C=O) groups is 1. The number of hydrogen-bond acceptors (Lipinski definition) is 3. The van der Waals surface area contributed by atoms with Crippen LogP contribution in [-0.2, 0) is 4.79 Å². The Balaban J connectivity index is 1.93. The van der Waals surface area contributed by atoms with E-state index in [1.54, 1.807) is 0 Å². The van der Waals surface area contributed by atoms with Crippen LogP contribution >= 0.6 is 15.9 Å². The van der Waals surface area contributed by atoms with E-state index in [9.17, 15) is 14.9 Å². The van der Waals surface area contributed by atoms with Gasteiger partial charge in [0.05, 0.1) is 16.5 Å². The summed E-state index contributed by atoms with van der Waals surface area (Å²) in [6.45, 7) is 0. The number of hydrogen-bond donors (Lipinski definition) is 1. The molecule has 0 saturated carbocycles. The summed E-state index contributed by atoms with van der Waals surface area (Å²) in [4.78, 5) is 23.4. The number of carbonyl (C=O) groups excluding carboxylic acids is 1. The number of nitrogens with one attached hydrogen (secondary N) is 1. The van der Waals surface area contributed by atoms with Crippen LogP contribution in [0.5, 0.6) is 0 Å². The molecule has 5 nitrogen and oxygen atoms in total. The molecule has 1 amide bonds. The van der Waals surface area contributed by atoms with Crippen LogP contribution in [-0.4, -0.2) is 10.8 Å². The Hall–Kier alpha value is -2.99. The molecule has 3 aromatic rings. The summed E-state index contributed by atoms with van der Waals surface area (Å²) in [6.07, 6.45) is 0. The van der Waals surface area contributed by atoms with E-state index in [-0.39, 0.29) is 11.6 Å². The van der Waals surface area contributed by atoms with Crippen molar-refractivity contribution >= 4 is 33.2 Å². The molecule has 0 spiro atoms. The smallest absolute Gasteiger partial charge is 0.270 e. The molecule has 0 radical (unpaired) electrons. The Morgan fingerprint density at radius 1 is 0.923 bits per heavy atom. The number of nitro groups is 1. The first-order valence-corrected chi connectivity index (χ1v) is 8.70. The first-order chi connectivity index (χ1) is 12.6.